The Morgan fingerprint density at radius 1 is 1.50 bits per heavy atom. The van der Waals surface area contributed by atoms with Gasteiger partial charge in [0.2, 0.25) is 0 Å². The van der Waals surface area contributed by atoms with Crippen LogP contribution in [0.1, 0.15) is 5.56 Å². The maximum absolute atomic E-state index is 10.7. The van der Waals surface area contributed by atoms with Crippen LogP contribution in [0, 0.1) is 10.1 Å². The number of non-ortho nitro benzene ring substituents is 1. The fourth-order valence-corrected chi connectivity index (χ4v) is 1.55. The standard InChI is InChI=1S/C9H9N3O2/c10-4-6-5-11-7-2-1-3-8(9(6)7)12(13)14/h1-3,5,11H,4,10H2. The number of hydrogen-bond donors (Lipinski definition) is 2. The first-order valence-corrected chi connectivity index (χ1v) is 4.17. The third-order valence-corrected chi connectivity index (χ3v) is 2.18. The average molecular weight is 191 g/mol. The van der Waals surface area contributed by atoms with E-state index in [-0.39, 0.29) is 5.69 Å². The molecular formula is C9H9N3O2. The van der Waals surface area contributed by atoms with Gasteiger partial charge >= 0.3 is 0 Å². The normalized spacial score (nSPS) is 10.6. The lowest BCUT2D eigenvalue weighted by atomic mass is 10.1. The van der Waals surface area contributed by atoms with Crippen LogP contribution in [0.25, 0.3) is 10.9 Å². The minimum atomic E-state index is -0.394. The summed E-state index contributed by atoms with van der Waals surface area (Å²) in [5, 5.41) is 11.3. The van der Waals surface area contributed by atoms with Crippen molar-refractivity contribution >= 4 is 16.6 Å². The third kappa shape index (κ3) is 1.14. The monoisotopic (exact) mass is 191 g/mol. The fraction of sp³-hybridized carbons (Fsp3) is 0.111. The Morgan fingerprint density at radius 3 is 2.93 bits per heavy atom. The second-order valence-corrected chi connectivity index (χ2v) is 2.97. The number of aromatic amines is 1. The molecule has 0 aliphatic carbocycles. The summed E-state index contributed by atoms with van der Waals surface area (Å²) in [4.78, 5) is 13.3. The van der Waals surface area contributed by atoms with Crippen molar-refractivity contribution in [3.05, 3.63) is 40.1 Å². The number of nitrogens with two attached hydrogens (primary N) is 1. The predicted molar refractivity (Wildman–Crippen MR) is 52.8 cm³/mol. The highest BCUT2D eigenvalue weighted by molar-refractivity contribution is 5.91. The first kappa shape index (κ1) is 8.71. The van der Waals surface area contributed by atoms with Crippen molar-refractivity contribution in [2.45, 2.75) is 6.54 Å². The molecule has 5 nitrogen and oxygen atoms in total. The number of nitro groups is 1. The van der Waals surface area contributed by atoms with Gasteiger partial charge in [-0.1, -0.05) is 6.07 Å². The Bertz CT molecular complexity index is 490. The van der Waals surface area contributed by atoms with Crippen LogP contribution in [0.3, 0.4) is 0 Å². The Balaban J connectivity index is 2.81. The minimum Gasteiger partial charge on any atom is -0.361 e. The van der Waals surface area contributed by atoms with Gasteiger partial charge in [0.1, 0.15) is 0 Å². The van der Waals surface area contributed by atoms with Crippen molar-refractivity contribution < 1.29 is 4.92 Å². The summed E-state index contributed by atoms with van der Waals surface area (Å²) in [6.07, 6.45) is 1.71. The van der Waals surface area contributed by atoms with E-state index < -0.39 is 4.92 Å². The van der Waals surface area contributed by atoms with Gasteiger partial charge in [0, 0.05) is 18.8 Å². The lowest BCUT2D eigenvalue weighted by molar-refractivity contribution is -0.383. The molecule has 0 atom stereocenters. The van der Waals surface area contributed by atoms with Gasteiger partial charge in [-0.2, -0.15) is 0 Å². The van der Waals surface area contributed by atoms with Crippen LogP contribution >= 0.6 is 0 Å². The molecule has 1 aromatic carbocycles. The van der Waals surface area contributed by atoms with E-state index in [0.29, 0.717) is 11.9 Å². The van der Waals surface area contributed by atoms with E-state index in [0.717, 1.165) is 11.1 Å². The van der Waals surface area contributed by atoms with Gasteiger partial charge in [-0.25, -0.2) is 0 Å². The van der Waals surface area contributed by atoms with Crippen LogP contribution in [-0.2, 0) is 6.54 Å². The summed E-state index contributed by atoms with van der Waals surface area (Å²) in [5.41, 5.74) is 7.11. The number of nitrogens with one attached hydrogen (secondary N) is 1. The van der Waals surface area contributed by atoms with Crippen LogP contribution in [0.5, 0.6) is 0 Å². The molecule has 0 saturated carbocycles. The topological polar surface area (TPSA) is 85.0 Å². The maximum atomic E-state index is 10.7. The zero-order valence-corrected chi connectivity index (χ0v) is 7.36. The SMILES string of the molecule is NCc1c[nH]c2cccc([N+](=O)[O-])c12. The number of aromatic nitrogens is 1. The molecule has 0 fully saturated rings. The van der Waals surface area contributed by atoms with Gasteiger partial charge in [0.25, 0.3) is 5.69 Å². The lowest BCUT2D eigenvalue weighted by Crippen LogP contribution is -1.96. The molecule has 0 aliphatic rings. The molecule has 0 bridgehead atoms. The highest BCUT2D eigenvalue weighted by Crippen LogP contribution is 2.27. The molecule has 0 saturated heterocycles. The third-order valence-electron chi connectivity index (χ3n) is 2.18. The molecule has 0 unspecified atom stereocenters. The van der Waals surface area contributed by atoms with Crippen molar-refractivity contribution in [3.63, 3.8) is 0 Å². The molecule has 3 N–H and O–H groups in total. The second kappa shape index (κ2) is 3.12. The molecule has 1 heterocycles. The van der Waals surface area contributed by atoms with Crippen LogP contribution in [-0.4, -0.2) is 9.91 Å². The molecule has 5 heteroatoms. The molecule has 2 rings (SSSR count). The molecular weight excluding hydrogens is 182 g/mol. The van der Waals surface area contributed by atoms with Crippen molar-refractivity contribution in [1.29, 1.82) is 0 Å². The van der Waals surface area contributed by atoms with E-state index >= 15 is 0 Å². The molecule has 0 amide bonds. The smallest absolute Gasteiger partial charge is 0.279 e. The Labute approximate surface area is 79.7 Å². The number of fused-ring (bicyclic) bond motifs is 1. The molecule has 14 heavy (non-hydrogen) atoms. The van der Waals surface area contributed by atoms with Crippen molar-refractivity contribution in [1.82, 2.24) is 4.98 Å². The predicted octanol–water partition coefficient (Wildman–Crippen LogP) is 1.53. The van der Waals surface area contributed by atoms with Crippen LogP contribution in [0.2, 0.25) is 0 Å². The van der Waals surface area contributed by atoms with Gasteiger partial charge in [0.05, 0.1) is 15.8 Å². The summed E-state index contributed by atoms with van der Waals surface area (Å²) in [6.45, 7) is 0.296. The summed E-state index contributed by atoms with van der Waals surface area (Å²) in [6, 6.07) is 4.92. The van der Waals surface area contributed by atoms with Crippen molar-refractivity contribution in [2.75, 3.05) is 0 Å². The summed E-state index contributed by atoms with van der Waals surface area (Å²) in [5.74, 6) is 0. The van der Waals surface area contributed by atoms with Gasteiger partial charge in [-0.3, -0.25) is 10.1 Å². The van der Waals surface area contributed by atoms with E-state index in [1.54, 1.807) is 18.3 Å². The molecule has 1 aromatic heterocycles. The van der Waals surface area contributed by atoms with Gasteiger partial charge < -0.3 is 10.7 Å². The second-order valence-electron chi connectivity index (χ2n) is 2.97. The molecule has 72 valence electrons. The first-order valence-electron chi connectivity index (χ1n) is 4.17. The minimum absolute atomic E-state index is 0.101. The fourth-order valence-electron chi connectivity index (χ4n) is 1.55. The van der Waals surface area contributed by atoms with E-state index in [1.807, 2.05) is 0 Å². The summed E-state index contributed by atoms with van der Waals surface area (Å²) < 4.78 is 0. The Hall–Kier alpha value is -1.88. The summed E-state index contributed by atoms with van der Waals surface area (Å²) >= 11 is 0. The van der Waals surface area contributed by atoms with Gasteiger partial charge in [-0.15, -0.1) is 0 Å². The largest absolute Gasteiger partial charge is 0.361 e. The zero-order valence-electron chi connectivity index (χ0n) is 7.36. The molecule has 2 aromatic rings. The first-order chi connectivity index (χ1) is 6.74. The van der Waals surface area contributed by atoms with Crippen LogP contribution < -0.4 is 5.73 Å². The van der Waals surface area contributed by atoms with Gasteiger partial charge in [0.15, 0.2) is 0 Å². The number of nitrogens with zero attached hydrogens (tertiary/aromatic N) is 1. The van der Waals surface area contributed by atoms with Gasteiger partial charge in [-0.05, 0) is 11.6 Å². The zero-order chi connectivity index (χ0) is 10.1. The van der Waals surface area contributed by atoms with Crippen molar-refractivity contribution in [3.8, 4) is 0 Å². The van der Waals surface area contributed by atoms with Crippen LogP contribution in [0.4, 0.5) is 5.69 Å². The Morgan fingerprint density at radius 2 is 2.29 bits per heavy atom. The van der Waals surface area contributed by atoms with E-state index in [2.05, 4.69) is 4.98 Å². The number of nitro benzene ring substituents is 1. The highest BCUT2D eigenvalue weighted by atomic mass is 16.6. The van der Waals surface area contributed by atoms with Crippen LogP contribution in [0.15, 0.2) is 24.4 Å². The highest BCUT2D eigenvalue weighted by Gasteiger charge is 2.15. The molecule has 0 aliphatic heterocycles. The van der Waals surface area contributed by atoms with E-state index in [9.17, 15) is 10.1 Å². The van der Waals surface area contributed by atoms with E-state index in [1.165, 1.54) is 6.07 Å². The Kier molecular flexibility index (Phi) is 1.94. The maximum Gasteiger partial charge on any atom is 0.279 e. The number of hydrogen-bond acceptors (Lipinski definition) is 3. The molecule has 0 radical (unpaired) electrons. The summed E-state index contributed by atoms with van der Waals surface area (Å²) in [7, 11) is 0. The number of rotatable bonds is 2. The average Bonchev–Trinajstić information content (AvgIpc) is 2.59. The van der Waals surface area contributed by atoms with Crippen molar-refractivity contribution in [2.24, 2.45) is 5.73 Å². The van der Waals surface area contributed by atoms with E-state index in [4.69, 9.17) is 5.73 Å². The molecule has 0 spiro atoms. The number of benzene rings is 1. The number of H-pyrrole nitrogens is 1. The lowest BCUT2D eigenvalue weighted by Gasteiger charge is -1.96. The quantitative estimate of drug-likeness (QED) is 0.557.